The minimum atomic E-state index is -0.333. The maximum Gasteiger partial charge on any atom is 0.324 e. The second-order valence-corrected chi connectivity index (χ2v) is 4.11. The fourth-order valence-electron chi connectivity index (χ4n) is 1.72. The van der Waals surface area contributed by atoms with Crippen LogP contribution in [0.25, 0.3) is 0 Å². The summed E-state index contributed by atoms with van der Waals surface area (Å²) in [5.74, 6) is 0.571. The molecule has 1 aromatic rings. The number of imide groups is 1. The number of amides is 3. The van der Waals surface area contributed by atoms with E-state index in [2.05, 4.69) is 22.5 Å². The fourth-order valence-corrected chi connectivity index (χ4v) is 1.72. The van der Waals surface area contributed by atoms with Crippen LogP contribution in [0.4, 0.5) is 10.6 Å². The molecule has 0 radical (unpaired) electrons. The highest BCUT2D eigenvalue weighted by atomic mass is 16.2. The molecule has 1 saturated heterocycles. The van der Waals surface area contributed by atoms with E-state index in [4.69, 9.17) is 0 Å². The van der Waals surface area contributed by atoms with Gasteiger partial charge in [0.25, 0.3) is 0 Å². The minimum absolute atomic E-state index is 0.0882. The van der Waals surface area contributed by atoms with Crippen LogP contribution in [0.15, 0.2) is 18.3 Å². The second-order valence-electron chi connectivity index (χ2n) is 4.11. The molecule has 0 aliphatic carbocycles. The Kier molecular flexibility index (Phi) is 3.76. The number of rotatable bonds is 5. The lowest BCUT2D eigenvalue weighted by molar-refractivity contribution is -0.125. The Hall–Kier alpha value is -2.11. The zero-order valence-electron chi connectivity index (χ0n) is 10.3. The van der Waals surface area contributed by atoms with E-state index in [1.54, 1.807) is 12.3 Å². The molecular formula is C12H16N4O2. The van der Waals surface area contributed by atoms with Crippen molar-refractivity contribution in [2.45, 2.75) is 19.9 Å². The van der Waals surface area contributed by atoms with Crippen molar-refractivity contribution >= 4 is 17.8 Å². The van der Waals surface area contributed by atoms with Crippen LogP contribution in [-0.4, -0.2) is 34.9 Å². The average molecular weight is 248 g/mol. The first kappa shape index (κ1) is 12.3. The number of nitrogens with one attached hydrogen (secondary N) is 2. The molecule has 1 fully saturated rings. The van der Waals surface area contributed by atoms with Crippen LogP contribution in [0.5, 0.6) is 0 Å². The summed E-state index contributed by atoms with van der Waals surface area (Å²) in [6, 6.07) is 3.32. The molecule has 6 nitrogen and oxygen atoms in total. The summed E-state index contributed by atoms with van der Waals surface area (Å²) >= 11 is 0. The Labute approximate surface area is 105 Å². The van der Waals surface area contributed by atoms with Crippen molar-refractivity contribution in [1.29, 1.82) is 0 Å². The minimum Gasteiger partial charge on any atom is -0.370 e. The number of pyridine rings is 1. The lowest BCUT2D eigenvalue weighted by Gasteiger charge is -2.13. The molecule has 0 spiro atoms. The van der Waals surface area contributed by atoms with Crippen LogP contribution in [0.1, 0.15) is 18.9 Å². The van der Waals surface area contributed by atoms with E-state index in [0.717, 1.165) is 24.3 Å². The van der Waals surface area contributed by atoms with Crippen molar-refractivity contribution in [3.63, 3.8) is 0 Å². The number of aromatic nitrogens is 1. The summed E-state index contributed by atoms with van der Waals surface area (Å²) < 4.78 is 0. The number of carbonyl (C=O) groups is 2. The first-order valence-corrected chi connectivity index (χ1v) is 5.97. The summed E-state index contributed by atoms with van der Waals surface area (Å²) in [4.78, 5) is 28.2. The first-order chi connectivity index (χ1) is 8.70. The van der Waals surface area contributed by atoms with Crippen molar-refractivity contribution in [2.24, 2.45) is 0 Å². The highest BCUT2D eigenvalue weighted by Gasteiger charge is 2.28. The van der Waals surface area contributed by atoms with Gasteiger partial charge in [0.05, 0.1) is 13.1 Å². The number of urea groups is 1. The molecule has 1 aliphatic heterocycles. The largest absolute Gasteiger partial charge is 0.370 e. The van der Waals surface area contributed by atoms with Crippen molar-refractivity contribution in [2.75, 3.05) is 18.4 Å². The fraction of sp³-hybridized carbons (Fsp3) is 0.417. The molecule has 2 N–H and O–H groups in total. The number of hydrogen-bond acceptors (Lipinski definition) is 4. The molecule has 2 rings (SSSR count). The van der Waals surface area contributed by atoms with E-state index >= 15 is 0 Å². The molecule has 0 bridgehead atoms. The number of hydrogen-bond donors (Lipinski definition) is 2. The molecular weight excluding hydrogens is 232 g/mol. The van der Waals surface area contributed by atoms with Crippen LogP contribution in [0.3, 0.4) is 0 Å². The maximum absolute atomic E-state index is 11.5. The molecule has 0 unspecified atom stereocenters. The van der Waals surface area contributed by atoms with E-state index in [1.807, 2.05) is 6.07 Å². The molecule has 1 aliphatic rings. The third kappa shape index (κ3) is 2.77. The molecule has 1 aromatic heterocycles. The van der Waals surface area contributed by atoms with Gasteiger partial charge in [-0.3, -0.25) is 9.69 Å². The third-order valence-corrected chi connectivity index (χ3v) is 2.66. The Morgan fingerprint density at radius 3 is 3.00 bits per heavy atom. The van der Waals surface area contributed by atoms with E-state index in [1.165, 1.54) is 4.90 Å². The molecule has 96 valence electrons. The number of carbonyl (C=O) groups excluding carboxylic acids is 2. The van der Waals surface area contributed by atoms with Gasteiger partial charge in [-0.05, 0) is 24.1 Å². The summed E-state index contributed by atoms with van der Waals surface area (Å²) in [6.45, 7) is 3.29. The van der Waals surface area contributed by atoms with Gasteiger partial charge in [-0.2, -0.15) is 0 Å². The number of anilines is 1. The summed E-state index contributed by atoms with van der Waals surface area (Å²) in [6.07, 6.45) is 2.69. The molecule has 0 saturated carbocycles. The maximum atomic E-state index is 11.5. The predicted octanol–water partition coefficient (Wildman–Crippen LogP) is 0.955. The van der Waals surface area contributed by atoms with Gasteiger partial charge in [-0.1, -0.05) is 6.92 Å². The van der Waals surface area contributed by atoms with Crippen LogP contribution >= 0.6 is 0 Å². The van der Waals surface area contributed by atoms with Gasteiger partial charge in [0.2, 0.25) is 5.91 Å². The van der Waals surface area contributed by atoms with Crippen molar-refractivity contribution in [3.8, 4) is 0 Å². The van der Waals surface area contributed by atoms with Gasteiger partial charge in [-0.25, -0.2) is 9.78 Å². The molecule has 2 heterocycles. The summed E-state index contributed by atoms with van der Waals surface area (Å²) in [5, 5.41) is 5.66. The molecule has 6 heteroatoms. The van der Waals surface area contributed by atoms with Gasteiger partial charge in [-0.15, -0.1) is 0 Å². The van der Waals surface area contributed by atoms with E-state index in [0.29, 0.717) is 0 Å². The predicted molar refractivity (Wildman–Crippen MR) is 67.0 cm³/mol. The van der Waals surface area contributed by atoms with E-state index < -0.39 is 0 Å². The highest BCUT2D eigenvalue weighted by Crippen LogP contribution is 2.11. The van der Waals surface area contributed by atoms with Gasteiger partial charge >= 0.3 is 6.03 Å². The monoisotopic (exact) mass is 248 g/mol. The molecule has 18 heavy (non-hydrogen) atoms. The molecule has 3 amide bonds. The highest BCUT2D eigenvalue weighted by molar-refractivity contribution is 6.01. The molecule has 0 aromatic carbocycles. The average Bonchev–Trinajstić information content (AvgIpc) is 2.69. The quantitative estimate of drug-likeness (QED) is 0.761. The Bertz CT molecular complexity index is 445. The first-order valence-electron chi connectivity index (χ1n) is 5.97. The van der Waals surface area contributed by atoms with Crippen molar-refractivity contribution in [1.82, 2.24) is 15.2 Å². The summed E-state index contributed by atoms with van der Waals surface area (Å²) in [5.41, 5.74) is 0.883. The SMILES string of the molecule is CCCNc1cc(CN2C(=O)CNC2=O)ccn1. The zero-order valence-corrected chi connectivity index (χ0v) is 10.3. The topological polar surface area (TPSA) is 74.3 Å². The van der Waals surface area contributed by atoms with Crippen LogP contribution in [0.2, 0.25) is 0 Å². The van der Waals surface area contributed by atoms with Crippen LogP contribution < -0.4 is 10.6 Å². The lowest BCUT2D eigenvalue weighted by atomic mass is 10.2. The lowest BCUT2D eigenvalue weighted by Crippen LogP contribution is -2.30. The third-order valence-electron chi connectivity index (χ3n) is 2.66. The Morgan fingerprint density at radius 2 is 2.33 bits per heavy atom. The Morgan fingerprint density at radius 1 is 1.50 bits per heavy atom. The van der Waals surface area contributed by atoms with Crippen LogP contribution in [0, 0.1) is 0 Å². The standard InChI is InChI=1S/C12H16N4O2/c1-2-4-13-10-6-9(3-5-14-10)8-16-11(17)7-15-12(16)18/h3,5-6H,2,4,7-8H2,1H3,(H,13,14)(H,15,18). The van der Waals surface area contributed by atoms with Gasteiger partial charge in [0, 0.05) is 12.7 Å². The van der Waals surface area contributed by atoms with Crippen molar-refractivity contribution < 1.29 is 9.59 Å². The second kappa shape index (κ2) is 5.48. The van der Waals surface area contributed by atoms with Crippen LogP contribution in [-0.2, 0) is 11.3 Å². The van der Waals surface area contributed by atoms with Gasteiger partial charge in [0.1, 0.15) is 5.82 Å². The van der Waals surface area contributed by atoms with E-state index in [9.17, 15) is 9.59 Å². The zero-order chi connectivity index (χ0) is 13.0. The Balaban J connectivity index is 2.04. The normalized spacial score (nSPS) is 14.8. The van der Waals surface area contributed by atoms with Crippen molar-refractivity contribution in [3.05, 3.63) is 23.9 Å². The summed E-state index contributed by atoms with van der Waals surface area (Å²) in [7, 11) is 0. The number of nitrogens with zero attached hydrogens (tertiary/aromatic N) is 2. The van der Waals surface area contributed by atoms with Gasteiger partial charge < -0.3 is 10.6 Å². The smallest absolute Gasteiger partial charge is 0.324 e. The molecule has 0 atom stereocenters. The van der Waals surface area contributed by atoms with E-state index in [-0.39, 0.29) is 25.0 Å². The van der Waals surface area contributed by atoms with Gasteiger partial charge in [0.15, 0.2) is 0 Å².